The lowest BCUT2D eigenvalue weighted by Crippen LogP contribution is -2.54. The van der Waals surface area contributed by atoms with Crippen molar-refractivity contribution >= 4 is 0 Å². The van der Waals surface area contributed by atoms with Crippen LogP contribution in [0.5, 0.6) is 0 Å². The summed E-state index contributed by atoms with van der Waals surface area (Å²) in [7, 11) is 0. The number of hydrogen-bond acceptors (Lipinski definition) is 5. The van der Waals surface area contributed by atoms with Crippen LogP contribution >= 0.6 is 0 Å². The van der Waals surface area contributed by atoms with Gasteiger partial charge in [0.05, 0.1) is 29.9 Å². The highest BCUT2D eigenvalue weighted by atomic mass is 19.4. The Morgan fingerprint density at radius 2 is 1.73 bits per heavy atom. The number of hydrogen-bond donors (Lipinski definition) is 1. The number of nitrogens with one attached hydrogen (secondary N) is 1. The van der Waals surface area contributed by atoms with Crippen LogP contribution in [0.2, 0.25) is 0 Å². The zero-order valence-corrected chi connectivity index (χ0v) is 18.3. The van der Waals surface area contributed by atoms with Gasteiger partial charge in [-0.3, -0.25) is 0 Å². The minimum Gasteiger partial charge on any atom is -0.372 e. The Labute approximate surface area is 186 Å². The summed E-state index contributed by atoms with van der Waals surface area (Å²) in [5, 5.41) is 16.2. The second kappa shape index (κ2) is 8.23. The minimum atomic E-state index is -4.89. The van der Waals surface area contributed by atoms with E-state index in [0.29, 0.717) is 30.8 Å². The molecule has 2 aliphatic heterocycles. The van der Waals surface area contributed by atoms with Gasteiger partial charge in [-0.1, -0.05) is 0 Å². The van der Waals surface area contributed by atoms with Gasteiger partial charge in [0.1, 0.15) is 0 Å². The number of rotatable bonds is 5. The largest absolute Gasteiger partial charge is 0.416 e. The second-order valence-corrected chi connectivity index (χ2v) is 9.33. The molecule has 1 aromatic carbocycles. The number of fused-ring (bicyclic) bond motifs is 2. The van der Waals surface area contributed by atoms with Crippen LogP contribution in [0.25, 0.3) is 0 Å². The Bertz CT molecular complexity index is 972. The molecule has 0 saturated carbocycles. The van der Waals surface area contributed by atoms with Crippen LogP contribution in [0.3, 0.4) is 0 Å². The third-order valence-corrected chi connectivity index (χ3v) is 6.43. The maximum Gasteiger partial charge on any atom is 0.416 e. The Kier molecular flexibility index (Phi) is 5.97. The van der Waals surface area contributed by atoms with Gasteiger partial charge in [0.2, 0.25) is 0 Å². The fourth-order valence-electron chi connectivity index (χ4n) is 4.77. The average molecular weight is 477 g/mol. The van der Waals surface area contributed by atoms with Crippen LogP contribution in [0.15, 0.2) is 18.2 Å². The minimum absolute atomic E-state index is 0.00138. The van der Waals surface area contributed by atoms with Crippen LogP contribution < -0.4 is 5.32 Å². The zero-order chi connectivity index (χ0) is 24.2. The summed E-state index contributed by atoms with van der Waals surface area (Å²) >= 11 is 0. The quantitative estimate of drug-likeness (QED) is 0.623. The second-order valence-electron chi connectivity index (χ2n) is 9.33. The molecule has 4 rings (SSSR count). The number of benzene rings is 1. The van der Waals surface area contributed by atoms with E-state index in [2.05, 4.69) is 20.7 Å². The van der Waals surface area contributed by atoms with Crippen molar-refractivity contribution in [3.63, 3.8) is 0 Å². The van der Waals surface area contributed by atoms with Gasteiger partial charge in [0.25, 0.3) is 0 Å². The van der Waals surface area contributed by atoms with E-state index in [9.17, 15) is 26.3 Å². The summed E-state index contributed by atoms with van der Waals surface area (Å²) < 4.78 is 84.7. The van der Waals surface area contributed by atoms with Crippen LogP contribution in [0, 0.1) is 0 Å². The molecular formula is C21H25F6N5O. The number of tetrazole rings is 1. The van der Waals surface area contributed by atoms with Crippen LogP contribution in [-0.4, -0.2) is 37.9 Å². The highest BCUT2D eigenvalue weighted by molar-refractivity contribution is 5.33. The van der Waals surface area contributed by atoms with Gasteiger partial charge in [0.15, 0.2) is 5.82 Å². The molecular weight excluding hydrogens is 452 g/mol. The van der Waals surface area contributed by atoms with Crippen molar-refractivity contribution in [2.75, 3.05) is 0 Å². The van der Waals surface area contributed by atoms with E-state index in [-0.39, 0.29) is 42.3 Å². The third-order valence-electron chi connectivity index (χ3n) is 6.43. The molecule has 2 aromatic rings. The molecule has 4 unspecified atom stereocenters. The van der Waals surface area contributed by atoms with Gasteiger partial charge in [-0.2, -0.15) is 31.1 Å². The Morgan fingerprint density at radius 1 is 1.09 bits per heavy atom. The first-order valence-corrected chi connectivity index (χ1v) is 10.7. The molecule has 12 heteroatoms. The van der Waals surface area contributed by atoms with Crippen molar-refractivity contribution in [3.8, 4) is 0 Å². The van der Waals surface area contributed by atoms with Crippen molar-refractivity contribution in [2.24, 2.45) is 0 Å². The van der Waals surface area contributed by atoms with Crippen molar-refractivity contribution in [1.82, 2.24) is 25.5 Å². The SMILES string of the molecule is CC(C)n1nnc(C2CC3(C)NC2CCC3OCc2cc(C(F)(F)F)cc(C(F)(F)F)c2)n1. The first kappa shape index (κ1) is 23.9. The fraction of sp³-hybridized carbons (Fsp3) is 0.667. The molecule has 0 aliphatic carbocycles. The Balaban J connectivity index is 1.50. The average Bonchev–Trinajstić information content (AvgIpc) is 3.29. The monoisotopic (exact) mass is 477 g/mol. The molecule has 0 spiro atoms. The molecule has 33 heavy (non-hydrogen) atoms. The van der Waals surface area contributed by atoms with Crippen LogP contribution in [-0.2, 0) is 23.7 Å². The number of aromatic nitrogens is 4. The molecule has 0 radical (unpaired) electrons. The maximum absolute atomic E-state index is 13.1. The first-order valence-electron chi connectivity index (χ1n) is 10.7. The van der Waals surface area contributed by atoms with E-state index in [4.69, 9.17) is 4.74 Å². The van der Waals surface area contributed by atoms with Gasteiger partial charge in [-0.15, -0.1) is 10.2 Å². The van der Waals surface area contributed by atoms with Crippen LogP contribution in [0.1, 0.15) is 74.5 Å². The van der Waals surface area contributed by atoms with Gasteiger partial charge >= 0.3 is 12.4 Å². The molecule has 2 bridgehead atoms. The molecule has 2 fully saturated rings. The van der Waals surface area contributed by atoms with Gasteiger partial charge in [0, 0.05) is 17.5 Å². The summed E-state index contributed by atoms with van der Waals surface area (Å²) in [6.07, 6.45) is -8.20. The van der Waals surface area contributed by atoms with E-state index >= 15 is 0 Å². The molecule has 2 aliphatic rings. The third kappa shape index (κ3) is 4.86. The normalized spacial score (nSPS) is 28.0. The number of nitrogens with zero attached hydrogens (tertiary/aromatic N) is 4. The van der Waals surface area contributed by atoms with Gasteiger partial charge in [-0.05, 0) is 69.0 Å². The lowest BCUT2D eigenvalue weighted by Gasteiger charge is -2.39. The lowest BCUT2D eigenvalue weighted by molar-refractivity contribution is -0.143. The molecule has 3 heterocycles. The van der Waals surface area contributed by atoms with Crippen molar-refractivity contribution in [2.45, 2.75) is 88.6 Å². The highest BCUT2D eigenvalue weighted by Gasteiger charge is 2.52. The summed E-state index contributed by atoms with van der Waals surface area (Å²) in [4.78, 5) is 1.54. The summed E-state index contributed by atoms with van der Waals surface area (Å²) in [5.74, 6) is 0.625. The van der Waals surface area contributed by atoms with Crippen molar-refractivity contribution in [1.29, 1.82) is 0 Å². The molecule has 0 amide bonds. The predicted molar refractivity (Wildman–Crippen MR) is 105 cm³/mol. The zero-order valence-electron chi connectivity index (χ0n) is 18.3. The first-order chi connectivity index (χ1) is 15.3. The van der Waals surface area contributed by atoms with E-state index in [1.807, 2.05) is 20.8 Å². The molecule has 4 atom stereocenters. The Hall–Kier alpha value is -2.21. The van der Waals surface area contributed by atoms with Crippen molar-refractivity contribution in [3.05, 3.63) is 40.7 Å². The standard InChI is InChI=1S/C21H25F6N5O/c1-11(2)32-30-18(29-31-32)15-9-19(3)17(5-4-16(15)28-19)33-10-12-6-13(20(22,23)24)8-14(7-12)21(25,26)27/h6-8,11,15-17,28H,4-5,9-10H2,1-3H3. The Morgan fingerprint density at radius 3 is 2.27 bits per heavy atom. The fourth-order valence-corrected chi connectivity index (χ4v) is 4.77. The number of ether oxygens (including phenoxy) is 1. The molecule has 2 saturated heterocycles. The van der Waals surface area contributed by atoms with Crippen molar-refractivity contribution < 1.29 is 31.1 Å². The van der Waals surface area contributed by atoms with Gasteiger partial charge in [-0.25, -0.2) is 0 Å². The molecule has 182 valence electrons. The number of piperidine rings is 1. The highest BCUT2D eigenvalue weighted by Crippen LogP contribution is 2.45. The molecule has 1 N–H and O–H groups in total. The van der Waals surface area contributed by atoms with E-state index in [0.717, 1.165) is 6.42 Å². The topological polar surface area (TPSA) is 64.9 Å². The van der Waals surface area contributed by atoms with Gasteiger partial charge < -0.3 is 10.1 Å². The lowest BCUT2D eigenvalue weighted by atomic mass is 9.88. The number of alkyl halides is 6. The molecule has 6 nitrogen and oxygen atoms in total. The maximum atomic E-state index is 13.1. The number of halogens is 6. The van der Waals surface area contributed by atoms with E-state index in [1.54, 1.807) is 4.80 Å². The summed E-state index contributed by atoms with van der Waals surface area (Å²) in [5.41, 5.74) is -3.36. The smallest absolute Gasteiger partial charge is 0.372 e. The molecule has 1 aromatic heterocycles. The van der Waals surface area contributed by atoms with E-state index < -0.39 is 29.0 Å². The summed E-state index contributed by atoms with van der Waals surface area (Å²) in [6, 6.07) is 1.71. The predicted octanol–water partition coefficient (Wildman–Crippen LogP) is 4.88. The summed E-state index contributed by atoms with van der Waals surface area (Å²) in [6.45, 7) is 5.48. The van der Waals surface area contributed by atoms with Crippen LogP contribution in [0.4, 0.5) is 26.3 Å². The van der Waals surface area contributed by atoms with E-state index in [1.165, 1.54) is 0 Å².